The lowest BCUT2D eigenvalue weighted by Gasteiger charge is -2.26. The van der Waals surface area contributed by atoms with Gasteiger partial charge in [-0.05, 0) is 37.1 Å². The number of anilines is 1. The van der Waals surface area contributed by atoms with Gasteiger partial charge in [0.25, 0.3) is 0 Å². The van der Waals surface area contributed by atoms with E-state index in [0.717, 1.165) is 6.42 Å². The lowest BCUT2D eigenvalue weighted by Crippen LogP contribution is -2.39. The van der Waals surface area contributed by atoms with Crippen LogP contribution in [0.2, 0.25) is 0 Å². The molecule has 1 N–H and O–H groups in total. The number of nitrogens with zero attached hydrogens (tertiary/aromatic N) is 6. The minimum Gasteiger partial charge on any atom is -0.336 e. The molecule has 1 unspecified atom stereocenters. The van der Waals surface area contributed by atoms with Crippen LogP contribution in [0.3, 0.4) is 0 Å². The maximum Gasteiger partial charge on any atom is 0.243 e. The van der Waals surface area contributed by atoms with Crippen molar-refractivity contribution >= 4 is 17.5 Å². The Labute approximate surface area is 172 Å². The molecule has 0 saturated heterocycles. The van der Waals surface area contributed by atoms with E-state index in [0.29, 0.717) is 36.0 Å². The molecule has 10 heteroatoms. The van der Waals surface area contributed by atoms with Gasteiger partial charge >= 0.3 is 0 Å². The maximum atomic E-state index is 13.0. The number of rotatable bonds is 5. The van der Waals surface area contributed by atoms with E-state index in [1.165, 1.54) is 29.2 Å². The normalized spacial score (nSPS) is 15.3. The Morgan fingerprint density at radius 3 is 2.77 bits per heavy atom. The quantitative estimate of drug-likeness (QED) is 0.689. The summed E-state index contributed by atoms with van der Waals surface area (Å²) >= 11 is 0. The van der Waals surface area contributed by atoms with Crippen LogP contribution in [0, 0.1) is 5.82 Å². The number of amides is 2. The topological polar surface area (TPSA) is 106 Å². The zero-order valence-corrected chi connectivity index (χ0v) is 16.3. The minimum absolute atomic E-state index is 0.127. The third kappa shape index (κ3) is 4.02. The van der Waals surface area contributed by atoms with Crippen LogP contribution >= 0.6 is 0 Å². The largest absolute Gasteiger partial charge is 0.336 e. The van der Waals surface area contributed by atoms with Crippen LogP contribution in [0.15, 0.2) is 42.9 Å². The monoisotopic (exact) mass is 409 g/mol. The van der Waals surface area contributed by atoms with Crippen molar-refractivity contribution in [2.75, 3.05) is 18.9 Å². The summed E-state index contributed by atoms with van der Waals surface area (Å²) in [7, 11) is 1.57. The van der Waals surface area contributed by atoms with Crippen molar-refractivity contribution in [2.24, 2.45) is 0 Å². The molecule has 1 aliphatic heterocycles. The number of halogens is 1. The molecular formula is C20H20FN7O2. The molecule has 2 amide bonds. The molecule has 1 aliphatic rings. The van der Waals surface area contributed by atoms with Gasteiger partial charge in [-0.3, -0.25) is 14.6 Å². The van der Waals surface area contributed by atoms with Crippen LogP contribution in [0.25, 0.3) is 11.5 Å². The zero-order chi connectivity index (χ0) is 21.1. The van der Waals surface area contributed by atoms with Gasteiger partial charge in [0, 0.05) is 31.7 Å². The summed E-state index contributed by atoms with van der Waals surface area (Å²) in [6.45, 7) is 0.560. The SMILES string of the molecule is CN(CC(=O)Nc1ccc(F)cc1)C(=O)C1CCCn2c(-c3cnccn3)nnc21. The fraction of sp³-hybridized carbons (Fsp3) is 0.300. The van der Waals surface area contributed by atoms with Crippen molar-refractivity contribution in [1.82, 2.24) is 29.6 Å². The van der Waals surface area contributed by atoms with E-state index in [1.54, 1.807) is 25.6 Å². The smallest absolute Gasteiger partial charge is 0.243 e. The summed E-state index contributed by atoms with van der Waals surface area (Å²) in [6, 6.07) is 5.45. The molecule has 3 heterocycles. The Morgan fingerprint density at radius 2 is 2.03 bits per heavy atom. The van der Waals surface area contributed by atoms with Gasteiger partial charge in [0.2, 0.25) is 11.8 Å². The van der Waals surface area contributed by atoms with Gasteiger partial charge in [0.15, 0.2) is 5.82 Å². The predicted octanol–water partition coefficient (Wildman–Crippen LogP) is 1.85. The number of benzene rings is 1. The standard InChI is InChI=1S/C20H20FN7O2/c1-27(12-17(29)24-14-6-4-13(21)5-7-14)20(30)15-3-2-10-28-18(15)25-26-19(28)16-11-22-8-9-23-16/h4-9,11,15H,2-3,10,12H2,1H3,(H,24,29). The highest BCUT2D eigenvalue weighted by molar-refractivity contribution is 5.95. The van der Waals surface area contributed by atoms with Crippen LogP contribution in [0.1, 0.15) is 24.6 Å². The molecule has 30 heavy (non-hydrogen) atoms. The number of fused-ring (bicyclic) bond motifs is 1. The molecule has 0 fully saturated rings. The third-order valence-corrected chi connectivity index (χ3v) is 4.94. The van der Waals surface area contributed by atoms with Crippen molar-refractivity contribution in [2.45, 2.75) is 25.3 Å². The van der Waals surface area contributed by atoms with Gasteiger partial charge in [-0.25, -0.2) is 9.37 Å². The minimum atomic E-state index is -0.486. The van der Waals surface area contributed by atoms with Crippen LogP contribution in [-0.4, -0.2) is 55.0 Å². The number of carbonyl (C=O) groups is 2. The first-order valence-corrected chi connectivity index (χ1v) is 9.53. The Hall–Kier alpha value is -3.69. The zero-order valence-electron chi connectivity index (χ0n) is 16.3. The van der Waals surface area contributed by atoms with Gasteiger partial charge in [0.1, 0.15) is 17.3 Å². The van der Waals surface area contributed by atoms with Crippen LogP contribution < -0.4 is 5.32 Å². The Kier molecular flexibility index (Phi) is 5.46. The summed E-state index contributed by atoms with van der Waals surface area (Å²) in [5.74, 6) is -0.300. The molecule has 0 aliphatic carbocycles. The predicted molar refractivity (Wildman–Crippen MR) is 106 cm³/mol. The molecule has 0 radical (unpaired) electrons. The second kappa shape index (κ2) is 8.36. The number of hydrogen-bond acceptors (Lipinski definition) is 6. The average Bonchev–Trinajstić information content (AvgIpc) is 3.19. The number of hydrogen-bond donors (Lipinski definition) is 1. The Bertz CT molecular complexity index is 1050. The molecule has 1 atom stereocenters. The summed E-state index contributed by atoms with van der Waals surface area (Å²) < 4.78 is 14.9. The first-order valence-electron chi connectivity index (χ1n) is 9.53. The molecule has 0 saturated carbocycles. The first kappa shape index (κ1) is 19.6. The molecule has 2 aromatic heterocycles. The second-order valence-corrected chi connectivity index (χ2v) is 7.07. The lowest BCUT2D eigenvalue weighted by atomic mass is 9.97. The maximum absolute atomic E-state index is 13.0. The third-order valence-electron chi connectivity index (χ3n) is 4.94. The first-order chi connectivity index (χ1) is 14.5. The second-order valence-electron chi connectivity index (χ2n) is 7.07. The van der Waals surface area contributed by atoms with Crippen molar-refractivity contribution in [3.05, 3.63) is 54.5 Å². The van der Waals surface area contributed by atoms with Gasteiger partial charge in [-0.15, -0.1) is 10.2 Å². The molecule has 154 valence electrons. The molecular weight excluding hydrogens is 389 g/mol. The summed E-state index contributed by atoms with van der Waals surface area (Å²) in [5.41, 5.74) is 1.06. The number of nitrogens with one attached hydrogen (secondary N) is 1. The highest BCUT2D eigenvalue weighted by atomic mass is 19.1. The van der Waals surface area contributed by atoms with E-state index < -0.39 is 5.92 Å². The van der Waals surface area contributed by atoms with Crippen LogP contribution in [0.4, 0.5) is 10.1 Å². The summed E-state index contributed by atoms with van der Waals surface area (Å²) in [5, 5.41) is 11.1. The van der Waals surface area contributed by atoms with Gasteiger partial charge in [-0.1, -0.05) is 0 Å². The molecule has 1 aromatic carbocycles. The summed E-state index contributed by atoms with van der Waals surface area (Å²) in [4.78, 5) is 35.0. The molecule has 9 nitrogen and oxygen atoms in total. The fourth-order valence-electron chi connectivity index (χ4n) is 3.51. The highest BCUT2D eigenvalue weighted by Gasteiger charge is 2.33. The van der Waals surface area contributed by atoms with E-state index in [9.17, 15) is 14.0 Å². The van der Waals surface area contributed by atoms with Crippen LogP contribution in [0.5, 0.6) is 0 Å². The van der Waals surface area contributed by atoms with Gasteiger partial charge in [0.05, 0.1) is 18.7 Å². The molecule has 3 aromatic rings. The Morgan fingerprint density at radius 1 is 1.23 bits per heavy atom. The number of likely N-dealkylation sites (N-methyl/N-ethyl adjacent to an activating group) is 1. The summed E-state index contributed by atoms with van der Waals surface area (Å²) in [6.07, 6.45) is 6.17. The van der Waals surface area contributed by atoms with Gasteiger partial charge in [-0.2, -0.15) is 0 Å². The van der Waals surface area contributed by atoms with E-state index in [-0.39, 0.29) is 24.2 Å². The van der Waals surface area contributed by atoms with Crippen molar-refractivity contribution < 1.29 is 14.0 Å². The average molecular weight is 409 g/mol. The van der Waals surface area contributed by atoms with Crippen molar-refractivity contribution in [3.63, 3.8) is 0 Å². The molecule has 0 bridgehead atoms. The van der Waals surface area contributed by atoms with E-state index in [2.05, 4.69) is 25.5 Å². The lowest BCUT2D eigenvalue weighted by molar-refractivity contribution is -0.135. The van der Waals surface area contributed by atoms with Gasteiger partial charge < -0.3 is 14.8 Å². The van der Waals surface area contributed by atoms with Crippen molar-refractivity contribution in [3.8, 4) is 11.5 Å². The number of carbonyl (C=O) groups excluding carboxylic acids is 2. The van der Waals surface area contributed by atoms with E-state index in [1.807, 2.05) is 4.57 Å². The van der Waals surface area contributed by atoms with Crippen LogP contribution in [-0.2, 0) is 16.1 Å². The highest BCUT2D eigenvalue weighted by Crippen LogP contribution is 2.30. The van der Waals surface area contributed by atoms with E-state index in [4.69, 9.17) is 0 Å². The van der Waals surface area contributed by atoms with Crippen molar-refractivity contribution in [1.29, 1.82) is 0 Å². The number of aromatic nitrogens is 5. The van der Waals surface area contributed by atoms with E-state index >= 15 is 0 Å². The molecule has 4 rings (SSSR count). The Balaban J connectivity index is 1.46. The fourth-order valence-corrected chi connectivity index (χ4v) is 3.51. The molecule has 0 spiro atoms.